The Hall–Kier alpha value is -1.85. The lowest BCUT2D eigenvalue weighted by Crippen LogP contribution is -2.58. The number of carbonyl (C=O) groups is 1. The van der Waals surface area contributed by atoms with Crippen LogP contribution in [-0.4, -0.2) is 28.7 Å². The molecule has 90 valence electrons. The highest BCUT2D eigenvalue weighted by atomic mass is 19.4. The lowest BCUT2D eigenvalue weighted by molar-refractivity contribution is -0.579. The zero-order valence-electron chi connectivity index (χ0n) is 8.24. The number of ether oxygens (including phenoxy) is 1. The molecule has 0 aliphatic carbocycles. The standard InChI is InChI=1S/C7H7F3N2O4/c1-4(2)16-5(13)6(3-11,12(14)15)7(8,9)10/h4H,1-2H3. The summed E-state index contributed by atoms with van der Waals surface area (Å²) in [6, 6.07) is 0.361. The summed E-state index contributed by atoms with van der Waals surface area (Å²) in [4.78, 5) is 19.3. The van der Waals surface area contributed by atoms with Crippen LogP contribution in [0.3, 0.4) is 0 Å². The van der Waals surface area contributed by atoms with Gasteiger partial charge in [-0.05, 0) is 13.8 Å². The Morgan fingerprint density at radius 3 is 2.12 bits per heavy atom. The van der Waals surface area contributed by atoms with Gasteiger partial charge < -0.3 is 4.74 Å². The van der Waals surface area contributed by atoms with Gasteiger partial charge in [-0.3, -0.25) is 10.1 Å². The van der Waals surface area contributed by atoms with Gasteiger partial charge in [0.25, 0.3) is 0 Å². The normalized spacial score (nSPS) is 15.1. The van der Waals surface area contributed by atoms with Gasteiger partial charge >= 0.3 is 17.7 Å². The molecule has 0 saturated carbocycles. The van der Waals surface area contributed by atoms with E-state index in [9.17, 15) is 28.1 Å². The Bertz CT molecular complexity index is 347. The summed E-state index contributed by atoms with van der Waals surface area (Å²) < 4.78 is 41.2. The molecule has 0 N–H and O–H groups in total. The fourth-order valence-corrected chi connectivity index (χ4v) is 0.743. The van der Waals surface area contributed by atoms with Crippen molar-refractivity contribution in [1.82, 2.24) is 0 Å². The van der Waals surface area contributed by atoms with Crippen molar-refractivity contribution in [3.63, 3.8) is 0 Å². The van der Waals surface area contributed by atoms with E-state index in [4.69, 9.17) is 5.26 Å². The van der Waals surface area contributed by atoms with Gasteiger partial charge in [-0.1, -0.05) is 0 Å². The van der Waals surface area contributed by atoms with Crippen LogP contribution in [0.15, 0.2) is 0 Å². The van der Waals surface area contributed by atoms with E-state index < -0.39 is 28.7 Å². The van der Waals surface area contributed by atoms with E-state index in [0.29, 0.717) is 6.07 Å². The molecule has 0 saturated heterocycles. The number of esters is 1. The minimum atomic E-state index is -5.64. The lowest BCUT2D eigenvalue weighted by atomic mass is 10.0. The molecular weight excluding hydrogens is 233 g/mol. The van der Waals surface area contributed by atoms with Crippen molar-refractivity contribution in [2.75, 3.05) is 0 Å². The first-order valence-corrected chi connectivity index (χ1v) is 3.93. The van der Waals surface area contributed by atoms with Gasteiger partial charge in [-0.15, -0.1) is 0 Å². The van der Waals surface area contributed by atoms with Gasteiger partial charge in [0.05, 0.1) is 11.0 Å². The fraction of sp³-hybridized carbons (Fsp3) is 0.714. The van der Waals surface area contributed by atoms with Crippen LogP contribution in [0.25, 0.3) is 0 Å². The number of nitro groups is 1. The summed E-state index contributed by atoms with van der Waals surface area (Å²) in [5, 5.41) is 18.5. The topological polar surface area (TPSA) is 93.2 Å². The molecule has 0 aromatic rings. The largest absolute Gasteiger partial charge is 0.492 e. The van der Waals surface area contributed by atoms with Crippen LogP contribution in [0.1, 0.15) is 13.8 Å². The third-order valence-corrected chi connectivity index (χ3v) is 1.48. The van der Waals surface area contributed by atoms with Crippen molar-refractivity contribution in [2.24, 2.45) is 0 Å². The van der Waals surface area contributed by atoms with Crippen LogP contribution in [0.5, 0.6) is 0 Å². The summed E-state index contributed by atoms with van der Waals surface area (Å²) in [6.45, 7) is 2.41. The highest BCUT2D eigenvalue weighted by Crippen LogP contribution is 2.34. The van der Waals surface area contributed by atoms with Crippen molar-refractivity contribution >= 4 is 5.97 Å². The summed E-state index contributed by atoms with van der Waals surface area (Å²) in [5.74, 6) is -2.23. The van der Waals surface area contributed by atoms with Gasteiger partial charge in [0.1, 0.15) is 0 Å². The van der Waals surface area contributed by atoms with Gasteiger partial charge in [0.15, 0.2) is 6.07 Å². The zero-order chi connectivity index (χ0) is 13.1. The number of nitrogens with zero attached hydrogens (tertiary/aromatic N) is 2. The van der Waals surface area contributed by atoms with E-state index in [0.717, 1.165) is 0 Å². The first-order valence-electron chi connectivity index (χ1n) is 3.93. The van der Waals surface area contributed by atoms with Crippen molar-refractivity contribution < 1.29 is 27.6 Å². The molecule has 0 heterocycles. The predicted molar refractivity (Wildman–Crippen MR) is 42.6 cm³/mol. The highest BCUT2D eigenvalue weighted by molar-refractivity contribution is 5.84. The second-order valence-corrected chi connectivity index (χ2v) is 3.03. The maximum atomic E-state index is 12.4. The molecule has 1 unspecified atom stereocenters. The molecule has 0 spiro atoms. The molecule has 0 aromatic carbocycles. The molecule has 0 rings (SSSR count). The summed E-state index contributed by atoms with van der Waals surface area (Å²) >= 11 is 0. The summed E-state index contributed by atoms with van der Waals surface area (Å²) in [5.41, 5.74) is -4.36. The van der Waals surface area contributed by atoms with Crippen molar-refractivity contribution in [2.45, 2.75) is 31.7 Å². The lowest BCUT2D eigenvalue weighted by Gasteiger charge is -2.19. The Morgan fingerprint density at radius 2 is 1.94 bits per heavy atom. The maximum absolute atomic E-state index is 12.4. The third-order valence-electron chi connectivity index (χ3n) is 1.48. The van der Waals surface area contributed by atoms with E-state index in [1.165, 1.54) is 13.8 Å². The van der Waals surface area contributed by atoms with Crippen LogP contribution >= 0.6 is 0 Å². The van der Waals surface area contributed by atoms with Crippen LogP contribution in [0.4, 0.5) is 13.2 Å². The van der Waals surface area contributed by atoms with Crippen molar-refractivity contribution in [3.8, 4) is 6.07 Å². The molecule has 0 radical (unpaired) electrons. The second-order valence-electron chi connectivity index (χ2n) is 3.03. The van der Waals surface area contributed by atoms with Gasteiger partial charge in [-0.25, -0.2) is 4.79 Å². The molecule has 6 nitrogen and oxygen atoms in total. The molecular formula is C7H7F3N2O4. The molecule has 9 heteroatoms. The van der Waals surface area contributed by atoms with Gasteiger partial charge in [-0.2, -0.15) is 18.4 Å². The number of hydrogen-bond acceptors (Lipinski definition) is 5. The first kappa shape index (κ1) is 14.2. The summed E-state index contributed by atoms with van der Waals surface area (Å²) in [6.07, 6.45) is -6.64. The molecule has 0 aliphatic rings. The zero-order valence-corrected chi connectivity index (χ0v) is 8.24. The molecule has 0 bridgehead atoms. The summed E-state index contributed by atoms with van der Waals surface area (Å²) in [7, 11) is 0. The Morgan fingerprint density at radius 1 is 1.50 bits per heavy atom. The number of carbonyl (C=O) groups excluding carboxylic acids is 1. The van der Waals surface area contributed by atoms with Gasteiger partial charge in [0.2, 0.25) is 0 Å². The second kappa shape index (κ2) is 4.34. The highest BCUT2D eigenvalue weighted by Gasteiger charge is 2.74. The average Bonchev–Trinajstić information content (AvgIpc) is 2.00. The number of hydrogen-bond donors (Lipinski definition) is 0. The Balaban J connectivity index is 5.51. The first-order chi connectivity index (χ1) is 7.09. The molecule has 0 fully saturated rings. The minimum Gasteiger partial charge on any atom is -0.457 e. The fourth-order valence-electron chi connectivity index (χ4n) is 0.743. The monoisotopic (exact) mass is 240 g/mol. The predicted octanol–water partition coefficient (Wildman–Crippen LogP) is 1.04. The molecule has 1 atom stereocenters. The Kier molecular flexibility index (Phi) is 3.84. The average molecular weight is 240 g/mol. The quantitative estimate of drug-likeness (QED) is 0.417. The molecule has 0 aliphatic heterocycles. The van der Waals surface area contributed by atoms with E-state index in [1.807, 2.05) is 0 Å². The number of nitriles is 1. The van der Waals surface area contributed by atoms with Crippen LogP contribution < -0.4 is 0 Å². The van der Waals surface area contributed by atoms with Crippen molar-refractivity contribution in [3.05, 3.63) is 10.1 Å². The van der Waals surface area contributed by atoms with Crippen LogP contribution in [-0.2, 0) is 9.53 Å². The van der Waals surface area contributed by atoms with Gasteiger partial charge in [0, 0.05) is 0 Å². The van der Waals surface area contributed by atoms with E-state index in [-0.39, 0.29) is 0 Å². The molecule has 0 amide bonds. The number of rotatable bonds is 3. The van der Waals surface area contributed by atoms with Crippen molar-refractivity contribution in [1.29, 1.82) is 5.26 Å². The Labute approximate surface area is 87.7 Å². The number of halogens is 3. The van der Waals surface area contributed by atoms with Crippen LogP contribution in [0.2, 0.25) is 0 Å². The van der Waals surface area contributed by atoms with E-state index in [2.05, 4.69) is 4.74 Å². The minimum absolute atomic E-state index is 0.361. The SMILES string of the molecule is CC(C)OC(=O)C(C#N)([N+](=O)[O-])C(F)(F)F. The number of alkyl halides is 3. The molecule has 0 aromatic heterocycles. The van der Waals surface area contributed by atoms with E-state index in [1.54, 1.807) is 0 Å². The van der Waals surface area contributed by atoms with Crippen LogP contribution in [0, 0.1) is 21.4 Å². The third kappa shape index (κ3) is 2.21. The molecule has 16 heavy (non-hydrogen) atoms. The smallest absolute Gasteiger partial charge is 0.457 e. The maximum Gasteiger partial charge on any atom is 0.492 e. The van der Waals surface area contributed by atoms with E-state index >= 15 is 0 Å².